The molecular formula is C40H50N22O4. The van der Waals surface area contributed by atoms with E-state index in [-0.39, 0.29) is 38.9 Å². The first-order valence-corrected chi connectivity index (χ1v) is 20.9. The van der Waals surface area contributed by atoms with Crippen LogP contribution in [-0.4, -0.2) is 141 Å². The topological polar surface area (TPSA) is 288 Å². The van der Waals surface area contributed by atoms with E-state index in [0.29, 0.717) is 72.9 Å². The summed E-state index contributed by atoms with van der Waals surface area (Å²) in [5.74, 6) is 3.80. The fourth-order valence-corrected chi connectivity index (χ4v) is 8.35. The Morgan fingerprint density at radius 2 is 1.24 bits per heavy atom. The largest absolute Gasteiger partial charge is 0.467 e. The minimum Gasteiger partial charge on any atom is -0.467 e. The van der Waals surface area contributed by atoms with E-state index in [2.05, 4.69) is 72.2 Å². The number of hydrogen-bond acceptors (Lipinski definition) is 20. The fraction of sp³-hybridized carbons (Fsp3) is 0.450. The lowest BCUT2D eigenvalue weighted by atomic mass is 10.2. The van der Waals surface area contributed by atoms with Crippen LogP contribution in [0.25, 0.3) is 11.0 Å². The number of ether oxygens (including phenoxy) is 2. The average molecular weight is 903 g/mol. The van der Waals surface area contributed by atoms with E-state index in [1.807, 2.05) is 58.6 Å². The van der Waals surface area contributed by atoms with Gasteiger partial charge in [0.2, 0.25) is 11.9 Å². The van der Waals surface area contributed by atoms with Gasteiger partial charge < -0.3 is 29.9 Å². The Morgan fingerprint density at radius 1 is 0.712 bits per heavy atom. The highest BCUT2D eigenvalue weighted by molar-refractivity contribution is 5.82. The van der Waals surface area contributed by atoms with Crippen molar-refractivity contribution in [2.75, 3.05) is 47.7 Å². The average Bonchev–Trinajstić information content (AvgIpc) is 3.93. The minimum absolute atomic E-state index is 0. The number of nitrogens with one attached hydrogen (secondary N) is 4. The lowest BCUT2D eigenvalue weighted by Gasteiger charge is -2.23. The molecule has 2 saturated heterocycles. The van der Waals surface area contributed by atoms with Crippen molar-refractivity contribution < 1.29 is 19.1 Å². The second-order valence-electron chi connectivity index (χ2n) is 16.1. The summed E-state index contributed by atoms with van der Waals surface area (Å²) in [6.07, 6.45) is 12.3. The van der Waals surface area contributed by atoms with E-state index in [0.717, 1.165) is 22.4 Å². The molecule has 0 bridgehead atoms. The molecule has 4 atom stereocenters. The molecule has 4 aliphatic rings. The van der Waals surface area contributed by atoms with Crippen LogP contribution in [0, 0.1) is 0 Å². The third-order valence-corrected chi connectivity index (χ3v) is 11.9. The molecule has 10 heterocycles. The van der Waals surface area contributed by atoms with E-state index in [4.69, 9.17) is 19.4 Å². The number of aromatic nitrogens is 18. The number of tetrazole rings is 2. The molecule has 4 fully saturated rings. The van der Waals surface area contributed by atoms with Gasteiger partial charge in [-0.3, -0.25) is 10.2 Å². The van der Waals surface area contributed by atoms with Gasteiger partial charge in [0.25, 0.3) is 0 Å². The highest BCUT2D eigenvalue weighted by atomic mass is 16.5. The predicted octanol–water partition coefficient (Wildman–Crippen LogP) is 3.38. The highest BCUT2D eigenvalue weighted by Crippen LogP contribution is 2.41. The molecule has 26 nitrogen and oxygen atoms in total. The van der Waals surface area contributed by atoms with Gasteiger partial charge in [-0.05, 0) is 65.6 Å². The molecule has 0 spiro atoms. The number of aromatic amines is 2. The van der Waals surface area contributed by atoms with Gasteiger partial charge in [0, 0.05) is 73.7 Å². The Hall–Kier alpha value is -8.06. The number of esters is 2. The van der Waals surface area contributed by atoms with Crippen molar-refractivity contribution in [3.8, 4) is 0 Å². The summed E-state index contributed by atoms with van der Waals surface area (Å²) >= 11 is 0. The van der Waals surface area contributed by atoms with Crippen LogP contribution < -0.4 is 20.4 Å². The number of fused-ring (bicyclic) bond motifs is 2. The monoisotopic (exact) mass is 902 g/mol. The van der Waals surface area contributed by atoms with Crippen LogP contribution >= 0.6 is 0 Å². The van der Waals surface area contributed by atoms with E-state index in [1.165, 1.54) is 51.0 Å². The van der Waals surface area contributed by atoms with Gasteiger partial charge in [-0.25, -0.2) is 23.3 Å². The zero-order chi connectivity index (χ0) is 43.3. The molecule has 0 amide bonds. The summed E-state index contributed by atoms with van der Waals surface area (Å²) in [7, 11) is 2.75. The maximum Gasteiger partial charge on any atom is 0.328 e. The lowest BCUT2D eigenvalue weighted by molar-refractivity contribution is -0.142. The summed E-state index contributed by atoms with van der Waals surface area (Å²) in [6.45, 7) is 0.905. The molecule has 344 valence electrons. The second kappa shape index (κ2) is 17.8. The van der Waals surface area contributed by atoms with Crippen LogP contribution in [0.5, 0.6) is 0 Å². The Labute approximate surface area is 376 Å². The third kappa shape index (κ3) is 8.38. The standard InChI is InChI=1S/2C19H21N11O2.2CH4/c1-32-18(31)15-7-12(30-10-20-26-27-30)9-28(15)19-22-17(14-3-2-6-29(14)25-19)21-16-8-13(23-24-16)11-4-5-11;1-32-18(31)15-7-12(30-21-10-20-27-30)9-28(15)19-23-17(14-3-2-6-29(14)26-19)22-16-8-13(24-25-16)11-4-5-11;;/h2-3,6,8,10-12,15H,4-5,7,9H2,1H3,(H2,21,22,23,24,25);2-3,6,8,10-12,15H,4-5,7,9H2,1H3,(H2,22,23,24,25,26);2*1H4/t2*12-,15-;;/m00../s1. The highest BCUT2D eigenvalue weighted by Gasteiger charge is 2.42. The molecule has 66 heavy (non-hydrogen) atoms. The van der Waals surface area contributed by atoms with Gasteiger partial charge >= 0.3 is 11.9 Å². The number of H-pyrrole nitrogens is 2. The smallest absolute Gasteiger partial charge is 0.328 e. The van der Waals surface area contributed by atoms with Crippen molar-refractivity contribution in [2.24, 2.45) is 0 Å². The SMILES string of the molecule is C.C.COC(=O)[C@@H]1C[C@H](n2cnnn2)CN1c1nc(Nc2cc(C3CC3)[nH]n2)c2cccn2n1.COC(=O)[C@@H]1C[C@H](n2ncnn2)CN1c1nc(Nc2cc(C3CC3)[nH]n2)c2cccn2n1. The second-order valence-corrected chi connectivity index (χ2v) is 16.1. The lowest BCUT2D eigenvalue weighted by Crippen LogP contribution is -2.38. The number of anilines is 6. The van der Waals surface area contributed by atoms with Crippen LogP contribution in [0.2, 0.25) is 0 Å². The molecule has 12 rings (SSSR count). The fourth-order valence-electron chi connectivity index (χ4n) is 8.35. The molecule has 8 aromatic rings. The molecule has 2 aliphatic carbocycles. The van der Waals surface area contributed by atoms with Crippen molar-refractivity contribution >= 4 is 58.1 Å². The van der Waals surface area contributed by atoms with Gasteiger partial charge in [-0.2, -0.15) is 25.0 Å². The predicted molar refractivity (Wildman–Crippen MR) is 236 cm³/mol. The molecule has 4 N–H and O–H groups in total. The Balaban J connectivity index is 0.000000161. The summed E-state index contributed by atoms with van der Waals surface area (Å²) in [4.78, 5) is 39.8. The summed E-state index contributed by atoms with van der Waals surface area (Å²) in [6, 6.07) is 10.3. The van der Waals surface area contributed by atoms with Gasteiger partial charge in [-0.15, -0.1) is 25.5 Å². The number of carbonyl (C=O) groups is 2. The molecule has 26 heteroatoms. The maximum atomic E-state index is 12.6. The van der Waals surface area contributed by atoms with Gasteiger partial charge in [0.15, 0.2) is 29.6 Å². The first kappa shape index (κ1) is 43.2. The van der Waals surface area contributed by atoms with Crippen LogP contribution in [-0.2, 0) is 19.1 Å². The number of nitrogens with zero attached hydrogens (tertiary/aromatic N) is 18. The van der Waals surface area contributed by atoms with Crippen molar-refractivity contribution in [2.45, 2.75) is 89.4 Å². The summed E-state index contributed by atoms with van der Waals surface area (Å²) in [5, 5.41) is 54.1. The zero-order valence-electron chi connectivity index (χ0n) is 34.6. The van der Waals surface area contributed by atoms with Crippen molar-refractivity contribution in [3.63, 3.8) is 0 Å². The molecule has 8 aromatic heterocycles. The van der Waals surface area contributed by atoms with Crippen LogP contribution in [0.1, 0.15) is 88.7 Å². The number of hydrogen-bond donors (Lipinski definition) is 4. The first-order valence-electron chi connectivity index (χ1n) is 20.9. The van der Waals surface area contributed by atoms with Gasteiger partial charge in [0.1, 0.15) is 29.4 Å². The number of carbonyl (C=O) groups excluding carboxylic acids is 2. The molecule has 2 aliphatic heterocycles. The van der Waals surface area contributed by atoms with Crippen molar-refractivity contribution in [3.05, 3.63) is 72.8 Å². The van der Waals surface area contributed by atoms with Crippen molar-refractivity contribution in [1.29, 1.82) is 0 Å². The first-order chi connectivity index (χ1) is 31.4. The van der Waals surface area contributed by atoms with Crippen LogP contribution in [0.15, 0.2) is 61.4 Å². The van der Waals surface area contributed by atoms with Gasteiger partial charge in [-0.1, -0.05) is 14.9 Å². The van der Waals surface area contributed by atoms with E-state index < -0.39 is 12.1 Å². The quantitative estimate of drug-likeness (QED) is 0.128. The minimum atomic E-state index is -0.566. The Bertz CT molecular complexity index is 2720. The van der Waals surface area contributed by atoms with Crippen molar-refractivity contribution in [1.82, 2.24) is 90.0 Å². The summed E-state index contributed by atoms with van der Waals surface area (Å²) < 4.78 is 15.2. The maximum absolute atomic E-state index is 12.6. The van der Waals surface area contributed by atoms with E-state index >= 15 is 0 Å². The third-order valence-electron chi connectivity index (χ3n) is 11.9. The zero-order valence-corrected chi connectivity index (χ0v) is 34.6. The summed E-state index contributed by atoms with van der Waals surface area (Å²) in [5.41, 5.74) is 3.85. The van der Waals surface area contributed by atoms with Gasteiger partial charge in [0.05, 0.1) is 26.3 Å². The van der Waals surface area contributed by atoms with E-state index in [1.54, 1.807) is 20.0 Å². The number of rotatable bonds is 12. The van der Waals surface area contributed by atoms with Crippen LogP contribution in [0.4, 0.5) is 35.2 Å². The molecule has 0 aromatic carbocycles. The normalized spacial score (nSPS) is 20.1. The Morgan fingerprint density at radius 3 is 1.71 bits per heavy atom. The van der Waals surface area contributed by atoms with Crippen LogP contribution in [0.3, 0.4) is 0 Å². The molecular weight excluding hydrogens is 853 g/mol. The van der Waals surface area contributed by atoms with E-state index in [9.17, 15) is 9.59 Å². The number of methoxy groups -OCH3 is 2. The molecule has 0 radical (unpaired) electrons. The molecule has 0 unspecified atom stereocenters. The molecule has 2 saturated carbocycles. The Kier molecular flexibility index (Phi) is 11.7.